The van der Waals surface area contributed by atoms with Crippen molar-refractivity contribution in [2.45, 2.75) is 13.5 Å². The fourth-order valence-electron chi connectivity index (χ4n) is 1.15. The first kappa shape index (κ1) is 11.1. The molecule has 0 saturated carbocycles. The molecule has 0 aliphatic carbocycles. The van der Waals surface area contributed by atoms with Crippen molar-refractivity contribution >= 4 is 5.91 Å². The minimum atomic E-state index is -0.268. The molecule has 0 aliphatic heterocycles. The number of azide groups is 1. The van der Waals surface area contributed by atoms with Crippen molar-refractivity contribution in [2.24, 2.45) is 5.11 Å². The number of hydrogen-bond acceptors (Lipinski definition) is 2. The molecule has 0 aromatic heterocycles. The molecular formula is C10H12N4O. The third-order valence-electron chi connectivity index (χ3n) is 2.01. The SMILES string of the molecule is Cc1ccccc1CNC(=O)CN=[N+]=[N-]. The molecule has 0 fully saturated rings. The van der Waals surface area contributed by atoms with Crippen LogP contribution in [0.3, 0.4) is 0 Å². The molecule has 1 aromatic rings. The Morgan fingerprint density at radius 3 is 2.93 bits per heavy atom. The maximum atomic E-state index is 11.1. The molecule has 0 spiro atoms. The lowest BCUT2D eigenvalue weighted by Gasteiger charge is -2.06. The van der Waals surface area contributed by atoms with E-state index in [0.717, 1.165) is 11.1 Å². The van der Waals surface area contributed by atoms with E-state index < -0.39 is 0 Å². The smallest absolute Gasteiger partial charge is 0.226 e. The largest absolute Gasteiger partial charge is 0.352 e. The summed E-state index contributed by atoms with van der Waals surface area (Å²) in [6, 6.07) is 7.79. The zero-order valence-electron chi connectivity index (χ0n) is 8.47. The number of hydrogen-bond donors (Lipinski definition) is 1. The lowest BCUT2D eigenvalue weighted by Crippen LogP contribution is -2.25. The topological polar surface area (TPSA) is 77.9 Å². The zero-order chi connectivity index (χ0) is 11.1. The van der Waals surface area contributed by atoms with E-state index >= 15 is 0 Å². The van der Waals surface area contributed by atoms with Gasteiger partial charge in [-0.2, -0.15) is 0 Å². The fourth-order valence-corrected chi connectivity index (χ4v) is 1.15. The van der Waals surface area contributed by atoms with Gasteiger partial charge in [0.05, 0.1) is 0 Å². The van der Waals surface area contributed by atoms with Crippen LogP contribution in [0, 0.1) is 6.92 Å². The molecule has 15 heavy (non-hydrogen) atoms. The minimum Gasteiger partial charge on any atom is -0.352 e. The van der Waals surface area contributed by atoms with Gasteiger partial charge in [0.15, 0.2) is 0 Å². The zero-order valence-corrected chi connectivity index (χ0v) is 8.47. The molecule has 1 rings (SSSR count). The minimum absolute atomic E-state index is 0.150. The molecule has 1 amide bonds. The molecule has 0 radical (unpaired) electrons. The van der Waals surface area contributed by atoms with Gasteiger partial charge in [0, 0.05) is 11.5 Å². The Hall–Kier alpha value is -2.00. The summed E-state index contributed by atoms with van der Waals surface area (Å²) in [5.74, 6) is -0.268. The van der Waals surface area contributed by atoms with Crippen molar-refractivity contribution in [3.05, 3.63) is 45.8 Å². The fraction of sp³-hybridized carbons (Fsp3) is 0.300. The van der Waals surface area contributed by atoms with Crippen molar-refractivity contribution in [2.75, 3.05) is 6.54 Å². The van der Waals surface area contributed by atoms with Crippen molar-refractivity contribution in [3.8, 4) is 0 Å². The monoisotopic (exact) mass is 204 g/mol. The molecular weight excluding hydrogens is 192 g/mol. The third-order valence-corrected chi connectivity index (χ3v) is 2.01. The standard InChI is InChI=1S/C10H12N4O/c1-8-4-2-3-5-9(8)6-12-10(15)7-13-14-11/h2-5H,6-7H2,1H3,(H,12,15). The molecule has 5 heteroatoms. The Bertz CT molecular complexity index is 396. The molecule has 0 bridgehead atoms. The molecule has 1 aromatic carbocycles. The predicted molar refractivity (Wildman–Crippen MR) is 57.0 cm³/mol. The van der Waals surface area contributed by atoms with Crippen molar-refractivity contribution < 1.29 is 4.79 Å². The van der Waals surface area contributed by atoms with E-state index in [0.29, 0.717) is 6.54 Å². The van der Waals surface area contributed by atoms with Crippen LogP contribution in [-0.4, -0.2) is 12.5 Å². The Balaban J connectivity index is 2.47. The first-order chi connectivity index (χ1) is 7.24. The Labute approximate surface area is 87.7 Å². The van der Waals surface area contributed by atoms with Gasteiger partial charge >= 0.3 is 0 Å². The number of benzene rings is 1. The van der Waals surface area contributed by atoms with Gasteiger partial charge in [-0.3, -0.25) is 4.79 Å². The van der Waals surface area contributed by atoms with Gasteiger partial charge in [0.1, 0.15) is 6.54 Å². The van der Waals surface area contributed by atoms with E-state index in [1.165, 1.54) is 0 Å². The maximum Gasteiger partial charge on any atom is 0.226 e. The van der Waals surface area contributed by atoms with Gasteiger partial charge in [-0.05, 0) is 23.6 Å². The van der Waals surface area contributed by atoms with Crippen LogP contribution in [0.15, 0.2) is 29.4 Å². The van der Waals surface area contributed by atoms with E-state index in [-0.39, 0.29) is 12.5 Å². The van der Waals surface area contributed by atoms with Crippen molar-refractivity contribution in [1.82, 2.24) is 5.32 Å². The average Bonchev–Trinajstić information content (AvgIpc) is 2.25. The number of carbonyl (C=O) groups excluding carboxylic acids is 1. The highest BCUT2D eigenvalue weighted by Crippen LogP contribution is 2.05. The van der Waals surface area contributed by atoms with Crippen LogP contribution >= 0.6 is 0 Å². The first-order valence-electron chi connectivity index (χ1n) is 4.56. The molecule has 78 valence electrons. The number of rotatable bonds is 4. The van der Waals surface area contributed by atoms with Crippen LogP contribution < -0.4 is 5.32 Å². The number of amides is 1. The Morgan fingerprint density at radius 1 is 1.53 bits per heavy atom. The van der Waals surface area contributed by atoms with Crippen LogP contribution in [0.25, 0.3) is 10.4 Å². The van der Waals surface area contributed by atoms with Gasteiger partial charge in [-0.25, -0.2) is 0 Å². The van der Waals surface area contributed by atoms with Crippen LogP contribution in [0.1, 0.15) is 11.1 Å². The van der Waals surface area contributed by atoms with E-state index in [9.17, 15) is 4.79 Å². The predicted octanol–water partition coefficient (Wildman–Crippen LogP) is 1.92. The van der Waals surface area contributed by atoms with Crippen LogP contribution in [0.5, 0.6) is 0 Å². The highest BCUT2D eigenvalue weighted by Gasteiger charge is 2.00. The van der Waals surface area contributed by atoms with E-state index in [2.05, 4.69) is 15.3 Å². The second-order valence-electron chi connectivity index (χ2n) is 3.09. The molecule has 0 atom stereocenters. The van der Waals surface area contributed by atoms with Gasteiger partial charge in [-0.15, -0.1) is 0 Å². The summed E-state index contributed by atoms with van der Waals surface area (Å²) in [5, 5.41) is 5.85. The van der Waals surface area contributed by atoms with Crippen LogP contribution in [0.4, 0.5) is 0 Å². The van der Waals surface area contributed by atoms with Gasteiger partial charge < -0.3 is 5.32 Å². The molecule has 0 saturated heterocycles. The second-order valence-corrected chi connectivity index (χ2v) is 3.09. The Morgan fingerprint density at radius 2 is 2.27 bits per heavy atom. The number of nitrogens with zero attached hydrogens (tertiary/aromatic N) is 3. The highest BCUT2D eigenvalue weighted by molar-refractivity contribution is 5.78. The van der Waals surface area contributed by atoms with Crippen molar-refractivity contribution in [1.29, 1.82) is 0 Å². The lowest BCUT2D eigenvalue weighted by molar-refractivity contribution is -0.119. The molecule has 0 heterocycles. The summed E-state index contributed by atoms with van der Waals surface area (Å²) < 4.78 is 0. The third kappa shape index (κ3) is 3.70. The summed E-state index contributed by atoms with van der Waals surface area (Å²) >= 11 is 0. The van der Waals surface area contributed by atoms with E-state index in [4.69, 9.17) is 5.53 Å². The normalized spacial score (nSPS) is 9.13. The van der Waals surface area contributed by atoms with Crippen LogP contribution in [-0.2, 0) is 11.3 Å². The molecule has 0 aliphatic rings. The maximum absolute atomic E-state index is 11.1. The molecule has 0 unspecified atom stereocenters. The van der Waals surface area contributed by atoms with E-state index in [1.807, 2.05) is 31.2 Å². The summed E-state index contributed by atoms with van der Waals surface area (Å²) in [5.41, 5.74) is 10.2. The van der Waals surface area contributed by atoms with Crippen molar-refractivity contribution in [3.63, 3.8) is 0 Å². The number of nitrogens with one attached hydrogen (secondary N) is 1. The van der Waals surface area contributed by atoms with Gasteiger partial charge in [0.25, 0.3) is 0 Å². The number of aryl methyl sites for hydroxylation is 1. The lowest BCUT2D eigenvalue weighted by atomic mass is 10.1. The highest BCUT2D eigenvalue weighted by atomic mass is 16.1. The quantitative estimate of drug-likeness (QED) is 0.454. The van der Waals surface area contributed by atoms with Gasteiger partial charge in [-0.1, -0.05) is 29.4 Å². The summed E-state index contributed by atoms with van der Waals surface area (Å²) in [4.78, 5) is 13.6. The Kier molecular flexibility index (Phi) is 4.19. The summed E-state index contributed by atoms with van der Waals surface area (Å²) in [7, 11) is 0. The second kappa shape index (κ2) is 5.67. The first-order valence-corrected chi connectivity index (χ1v) is 4.56. The summed E-state index contributed by atoms with van der Waals surface area (Å²) in [6.07, 6.45) is 0. The van der Waals surface area contributed by atoms with E-state index in [1.54, 1.807) is 0 Å². The average molecular weight is 204 g/mol. The number of carbonyl (C=O) groups is 1. The van der Waals surface area contributed by atoms with Crippen LogP contribution in [0.2, 0.25) is 0 Å². The molecule has 5 nitrogen and oxygen atoms in total. The van der Waals surface area contributed by atoms with Gasteiger partial charge in [0.2, 0.25) is 5.91 Å². The summed E-state index contributed by atoms with van der Waals surface area (Å²) in [6.45, 7) is 2.30. The molecule has 1 N–H and O–H groups in total.